The largest absolute Gasteiger partial charge is 0.289 e. The van der Waals surface area contributed by atoms with Crippen LogP contribution in [0.2, 0.25) is 5.02 Å². The van der Waals surface area contributed by atoms with Gasteiger partial charge in [0.25, 0.3) is 11.5 Å². The molecule has 3 heterocycles. The van der Waals surface area contributed by atoms with E-state index in [0.717, 1.165) is 35.3 Å². The molecule has 0 bridgehead atoms. The molecule has 2 aromatic heterocycles. The first-order valence-electron chi connectivity index (χ1n) is 11.3. The maximum Gasteiger partial charge on any atom is 0.264 e. The lowest BCUT2D eigenvalue weighted by Crippen LogP contribution is -2.34. The fourth-order valence-electron chi connectivity index (χ4n) is 4.63. The van der Waals surface area contributed by atoms with Crippen molar-refractivity contribution in [2.45, 2.75) is 19.4 Å². The standard InChI is InChI=1S/C27H20ClN5O2/c28-21-9-3-6-12-24(21)33-26-20(15-30-33)27(35)31(17-29-26)16-25(34)32-22-10-4-1-7-18(22)13-14-19-8-2-5-11-23(19)32/h1-12,15,17H,13-14,16H2. The summed E-state index contributed by atoms with van der Waals surface area (Å²) in [6.45, 7) is -0.151. The Morgan fingerprint density at radius 3 is 2.11 bits per heavy atom. The van der Waals surface area contributed by atoms with E-state index >= 15 is 0 Å². The van der Waals surface area contributed by atoms with Crippen LogP contribution >= 0.6 is 11.6 Å². The van der Waals surface area contributed by atoms with Gasteiger partial charge in [-0.2, -0.15) is 5.10 Å². The Balaban J connectivity index is 1.40. The lowest BCUT2D eigenvalue weighted by atomic mass is 10.0. The molecule has 0 atom stereocenters. The minimum absolute atomic E-state index is 0.151. The number of para-hydroxylation sites is 3. The van der Waals surface area contributed by atoms with Gasteiger partial charge in [-0.25, -0.2) is 9.67 Å². The second kappa shape index (κ2) is 8.52. The van der Waals surface area contributed by atoms with E-state index in [1.807, 2.05) is 60.7 Å². The number of hydrogen-bond acceptors (Lipinski definition) is 4. The summed E-state index contributed by atoms with van der Waals surface area (Å²) in [5.41, 5.74) is 4.56. The molecule has 0 radical (unpaired) electrons. The average Bonchev–Trinajstić information content (AvgIpc) is 3.23. The number of aromatic nitrogens is 4. The molecule has 0 saturated heterocycles. The maximum atomic E-state index is 13.7. The molecular formula is C27H20ClN5O2. The van der Waals surface area contributed by atoms with E-state index in [1.165, 1.54) is 21.8 Å². The molecule has 0 spiro atoms. The number of amides is 1. The van der Waals surface area contributed by atoms with Gasteiger partial charge >= 0.3 is 0 Å². The van der Waals surface area contributed by atoms with Crippen LogP contribution in [0.3, 0.4) is 0 Å². The van der Waals surface area contributed by atoms with Crippen molar-refractivity contribution in [2.75, 3.05) is 4.90 Å². The van der Waals surface area contributed by atoms with E-state index in [0.29, 0.717) is 21.7 Å². The first-order chi connectivity index (χ1) is 17.1. The molecule has 0 aliphatic carbocycles. The Labute approximate surface area is 205 Å². The lowest BCUT2D eigenvalue weighted by Gasteiger charge is -2.25. The molecule has 0 N–H and O–H groups in total. The van der Waals surface area contributed by atoms with E-state index in [-0.39, 0.29) is 18.0 Å². The summed E-state index contributed by atoms with van der Waals surface area (Å²) in [5.74, 6) is -0.214. The van der Waals surface area contributed by atoms with Gasteiger partial charge in [0.15, 0.2) is 5.65 Å². The number of carbonyl (C=O) groups is 1. The third kappa shape index (κ3) is 3.61. The summed E-state index contributed by atoms with van der Waals surface area (Å²) in [6.07, 6.45) is 4.54. The van der Waals surface area contributed by atoms with Crippen LogP contribution in [0.4, 0.5) is 11.4 Å². The topological polar surface area (TPSA) is 73.0 Å². The van der Waals surface area contributed by atoms with Gasteiger partial charge in [0.2, 0.25) is 0 Å². The quantitative estimate of drug-likeness (QED) is 0.374. The van der Waals surface area contributed by atoms with E-state index in [2.05, 4.69) is 10.1 Å². The summed E-state index contributed by atoms with van der Waals surface area (Å²) >= 11 is 6.32. The smallest absolute Gasteiger partial charge is 0.264 e. The van der Waals surface area contributed by atoms with Crippen LogP contribution in [-0.2, 0) is 24.2 Å². The minimum Gasteiger partial charge on any atom is -0.289 e. The highest BCUT2D eigenvalue weighted by molar-refractivity contribution is 6.32. The predicted molar refractivity (Wildman–Crippen MR) is 136 cm³/mol. The normalized spacial score (nSPS) is 12.8. The molecule has 5 aromatic rings. The second-order valence-corrected chi connectivity index (χ2v) is 8.82. The highest BCUT2D eigenvalue weighted by atomic mass is 35.5. The van der Waals surface area contributed by atoms with Gasteiger partial charge in [-0.3, -0.25) is 19.1 Å². The first-order valence-corrected chi connectivity index (χ1v) is 11.7. The van der Waals surface area contributed by atoms with Crippen molar-refractivity contribution in [3.05, 3.63) is 112 Å². The highest BCUT2D eigenvalue weighted by Crippen LogP contribution is 2.36. The molecule has 1 amide bonds. The number of fused-ring (bicyclic) bond motifs is 3. The number of aryl methyl sites for hydroxylation is 2. The van der Waals surface area contributed by atoms with Gasteiger partial charge in [0.1, 0.15) is 18.3 Å². The van der Waals surface area contributed by atoms with Crippen LogP contribution < -0.4 is 10.5 Å². The maximum absolute atomic E-state index is 13.7. The Morgan fingerprint density at radius 2 is 1.46 bits per heavy atom. The van der Waals surface area contributed by atoms with E-state index in [9.17, 15) is 9.59 Å². The van der Waals surface area contributed by atoms with Gasteiger partial charge < -0.3 is 0 Å². The summed E-state index contributed by atoms with van der Waals surface area (Å²) in [4.78, 5) is 33.2. The van der Waals surface area contributed by atoms with Crippen molar-refractivity contribution in [3.63, 3.8) is 0 Å². The molecular weight excluding hydrogens is 462 g/mol. The van der Waals surface area contributed by atoms with Crippen LogP contribution in [0.1, 0.15) is 11.1 Å². The highest BCUT2D eigenvalue weighted by Gasteiger charge is 2.26. The molecule has 35 heavy (non-hydrogen) atoms. The number of anilines is 2. The Bertz CT molecular complexity index is 1610. The molecule has 1 aliphatic rings. The van der Waals surface area contributed by atoms with Gasteiger partial charge in [-0.1, -0.05) is 60.1 Å². The third-order valence-electron chi connectivity index (χ3n) is 6.32. The SMILES string of the molecule is O=C(Cn1cnc2c(cnn2-c2ccccc2Cl)c1=O)N1c2ccccc2CCc2ccccc21. The zero-order valence-corrected chi connectivity index (χ0v) is 19.4. The molecule has 0 unspecified atom stereocenters. The molecule has 8 heteroatoms. The minimum atomic E-state index is -0.335. The van der Waals surface area contributed by atoms with Gasteiger partial charge in [0, 0.05) is 0 Å². The van der Waals surface area contributed by atoms with Gasteiger partial charge in [0.05, 0.1) is 28.3 Å². The molecule has 1 aliphatic heterocycles. The Morgan fingerprint density at radius 1 is 0.857 bits per heavy atom. The van der Waals surface area contributed by atoms with Gasteiger partial charge in [-0.15, -0.1) is 0 Å². The van der Waals surface area contributed by atoms with Crippen molar-refractivity contribution in [3.8, 4) is 5.69 Å². The van der Waals surface area contributed by atoms with Crippen LogP contribution in [0.25, 0.3) is 16.7 Å². The fourth-order valence-corrected chi connectivity index (χ4v) is 4.84. The van der Waals surface area contributed by atoms with E-state index in [1.54, 1.807) is 17.0 Å². The molecule has 0 saturated carbocycles. The number of halogens is 1. The van der Waals surface area contributed by atoms with Crippen LogP contribution in [0, 0.1) is 0 Å². The average molecular weight is 482 g/mol. The van der Waals surface area contributed by atoms with Crippen molar-refractivity contribution in [2.24, 2.45) is 0 Å². The summed E-state index contributed by atoms with van der Waals surface area (Å²) in [5, 5.41) is 5.14. The predicted octanol–water partition coefficient (Wildman–Crippen LogP) is 4.70. The van der Waals surface area contributed by atoms with E-state index < -0.39 is 0 Å². The van der Waals surface area contributed by atoms with Crippen molar-refractivity contribution >= 4 is 39.9 Å². The van der Waals surface area contributed by atoms with Crippen molar-refractivity contribution in [1.29, 1.82) is 0 Å². The second-order valence-electron chi connectivity index (χ2n) is 8.41. The van der Waals surface area contributed by atoms with Crippen molar-refractivity contribution < 1.29 is 4.79 Å². The number of hydrogen-bond donors (Lipinski definition) is 0. The zero-order valence-electron chi connectivity index (χ0n) is 18.6. The van der Waals surface area contributed by atoms with Crippen LogP contribution in [-0.4, -0.2) is 25.2 Å². The summed E-state index contributed by atoms with van der Waals surface area (Å²) in [7, 11) is 0. The van der Waals surface area contributed by atoms with E-state index in [4.69, 9.17) is 11.6 Å². The van der Waals surface area contributed by atoms with Crippen LogP contribution in [0.15, 0.2) is 90.1 Å². The molecule has 6 rings (SSSR count). The molecule has 172 valence electrons. The molecule has 7 nitrogen and oxygen atoms in total. The number of benzene rings is 3. The summed E-state index contributed by atoms with van der Waals surface area (Å²) < 4.78 is 2.87. The van der Waals surface area contributed by atoms with Crippen LogP contribution in [0.5, 0.6) is 0 Å². The molecule has 0 fully saturated rings. The number of carbonyl (C=O) groups excluding carboxylic acids is 1. The number of nitrogens with zero attached hydrogens (tertiary/aromatic N) is 5. The monoisotopic (exact) mass is 481 g/mol. The lowest BCUT2D eigenvalue weighted by molar-refractivity contribution is -0.118. The third-order valence-corrected chi connectivity index (χ3v) is 6.64. The van der Waals surface area contributed by atoms with Gasteiger partial charge in [-0.05, 0) is 48.2 Å². The first kappa shape index (κ1) is 21.3. The fraction of sp³-hybridized carbons (Fsp3) is 0.111. The molecule has 3 aromatic carbocycles. The summed E-state index contributed by atoms with van der Waals surface area (Å²) in [6, 6.07) is 23.0. The number of rotatable bonds is 3. The Kier molecular flexibility index (Phi) is 5.19. The van der Waals surface area contributed by atoms with Crippen molar-refractivity contribution in [1.82, 2.24) is 19.3 Å². The Hall–Kier alpha value is -4.23. The zero-order chi connectivity index (χ0) is 23.9.